The molecule has 2 aromatic rings. The van der Waals surface area contributed by atoms with Gasteiger partial charge in [-0.1, -0.05) is 0 Å². The maximum absolute atomic E-state index is 7.25. The van der Waals surface area contributed by atoms with Crippen LogP contribution in [0.15, 0.2) is 29.1 Å². The average molecular weight is 267 g/mol. The highest BCUT2D eigenvalue weighted by molar-refractivity contribution is 9.10. The van der Waals surface area contributed by atoms with Crippen molar-refractivity contribution in [2.24, 2.45) is 5.73 Å². The van der Waals surface area contributed by atoms with Gasteiger partial charge >= 0.3 is 0 Å². The van der Waals surface area contributed by atoms with Gasteiger partial charge < -0.3 is 5.73 Å². The van der Waals surface area contributed by atoms with Gasteiger partial charge in [0.15, 0.2) is 0 Å². The van der Waals surface area contributed by atoms with Crippen LogP contribution < -0.4 is 5.73 Å². The average Bonchev–Trinajstić information content (AvgIpc) is 2.65. The molecule has 7 heteroatoms. The van der Waals surface area contributed by atoms with E-state index in [2.05, 4.69) is 31.0 Å². The minimum absolute atomic E-state index is 0.0927. The lowest BCUT2D eigenvalue weighted by atomic mass is 10.4. The molecule has 0 spiro atoms. The monoisotopic (exact) mass is 266 g/mol. The molecule has 0 atom stereocenters. The number of amidine groups is 1. The van der Waals surface area contributed by atoms with Crippen molar-refractivity contribution < 1.29 is 0 Å². The molecule has 6 nitrogen and oxygen atoms in total. The zero-order chi connectivity index (χ0) is 10.8. The first-order valence-electron chi connectivity index (χ1n) is 4.05. The lowest BCUT2D eigenvalue weighted by Gasteiger charge is -2.00. The third-order valence-corrected chi connectivity index (χ3v) is 2.08. The third kappa shape index (κ3) is 2.01. The number of nitrogens with zero attached hydrogens (tertiary/aromatic N) is 4. The number of nitrogen functional groups attached to an aromatic ring is 1. The van der Waals surface area contributed by atoms with Crippen LogP contribution in [0.1, 0.15) is 5.69 Å². The highest BCUT2D eigenvalue weighted by Crippen LogP contribution is 2.09. The first-order valence-corrected chi connectivity index (χ1v) is 4.84. The van der Waals surface area contributed by atoms with Crippen molar-refractivity contribution >= 4 is 21.8 Å². The second-order valence-electron chi connectivity index (χ2n) is 2.76. The second kappa shape index (κ2) is 3.77. The molecule has 0 aliphatic rings. The maximum atomic E-state index is 7.25. The summed E-state index contributed by atoms with van der Waals surface area (Å²) in [4.78, 5) is 8.10. The molecule has 3 N–H and O–H groups in total. The highest BCUT2D eigenvalue weighted by atomic mass is 79.9. The molecule has 0 radical (unpaired) electrons. The standard InChI is InChI=1S/C8H7BrN6/c9-5-3-13-15(4-5)8-12-2-1-6(14-8)7(10)11/h1-4H,(H3,10,11). The third-order valence-electron chi connectivity index (χ3n) is 1.67. The molecule has 0 saturated heterocycles. The molecule has 0 amide bonds. The van der Waals surface area contributed by atoms with E-state index in [1.54, 1.807) is 18.5 Å². The van der Waals surface area contributed by atoms with Crippen LogP contribution in [-0.4, -0.2) is 25.6 Å². The van der Waals surface area contributed by atoms with Crippen molar-refractivity contribution in [2.75, 3.05) is 0 Å². The van der Waals surface area contributed by atoms with Crippen molar-refractivity contribution in [3.63, 3.8) is 0 Å². The van der Waals surface area contributed by atoms with Crippen LogP contribution in [0.4, 0.5) is 0 Å². The van der Waals surface area contributed by atoms with Crippen LogP contribution >= 0.6 is 15.9 Å². The number of aromatic nitrogens is 4. The smallest absolute Gasteiger partial charge is 0.251 e. The first-order chi connectivity index (χ1) is 7.16. The van der Waals surface area contributed by atoms with Gasteiger partial charge in [0.05, 0.1) is 10.7 Å². The second-order valence-corrected chi connectivity index (χ2v) is 3.67. The summed E-state index contributed by atoms with van der Waals surface area (Å²) >= 11 is 3.27. The molecule has 2 heterocycles. The molecule has 0 bridgehead atoms. The Labute approximate surface area is 93.8 Å². The van der Waals surface area contributed by atoms with E-state index in [0.29, 0.717) is 11.6 Å². The van der Waals surface area contributed by atoms with E-state index in [-0.39, 0.29) is 5.84 Å². The van der Waals surface area contributed by atoms with Gasteiger partial charge in [-0.25, -0.2) is 14.6 Å². The lowest BCUT2D eigenvalue weighted by molar-refractivity contribution is 0.805. The number of rotatable bonds is 2. The van der Waals surface area contributed by atoms with Crippen molar-refractivity contribution in [3.8, 4) is 5.95 Å². The molecule has 2 rings (SSSR count). The van der Waals surface area contributed by atoms with E-state index in [9.17, 15) is 0 Å². The van der Waals surface area contributed by atoms with Gasteiger partial charge in [0.25, 0.3) is 5.95 Å². The van der Waals surface area contributed by atoms with Gasteiger partial charge in [0, 0.05) is 12.4 Å². The summed E-state index contributed by atoms with van der Waals surface area (Å²) in [6, 6.07) is 1.57. The zero-order valence-electron chi connectivity index (χ0n) is 7.55. The fraction of sp³-hybridized carbons (Fsp3) is 0. The van der Waals surface area contributed by atoms with E-state index in [1.165, 1.54) is 10.9 Å². The van der Waals surface area contributed by atoms with Crippen LogP contribution in [0.3, 0.4) is 0 Å². The molecule has 0 aromatic carbocycles. The van der Waals surface area contributed by atoms with E-state index in [4.69, 9.17) is 11.1 Å². The van der Waals surface area contributed by atoms with Gasteiger partial charge in [-0.15, -0.1) is 0 Å². The Balaban J connectivity index is 2.45. The summed E-state index contributed by atoms with van der Waals surface area (Å²) in [5.41, 5.74) is 5.70. The summed E-state index contributed by atoms with van der Waals surface area (Å²) < 4.78 is 2.33. The summed E-state index contributed by atoms with van der Waals surface area (Å²) in [5.74, 6) is 0.290. The predicted molar refractivity (Wildman–Crippen MR) is 57.9 cm³/mol. The molecule has 0 saturated carbocycles. The maximum Gasteiger partial charge on any atom is 0.251 e. The number of nitrogens with one attached hydrogen (secondary N) is 1. The topological polar surface area (TPSA) is 93.5 Å². The molecule has 76 valence electrons. The summed E-state index contributed by atoms with van der Waals surface area (Å²) in [5, 5.41) is 11.3. The first kappa shape index (κ1) is 9.78. The van der Waals surface area contributed by atoms with E-state index >= 15 is 0 Å². The van der Waals surface area contributed by atoms with Crippen LogP contribution in [-0.2, 0) is 0 Å². The molecule has 0 unspecified atom stereocenters. The van der Waals surface area contributed by atoms with Gasteiger partial charge in [0.2, 0.25) is 0 Å². The van der Waals surface area contributed by atoms with E-state index < -0.39 is 0 Å². The molecule has 0 aliphatic carbocycles. The molecule has 15 heavy (non-hydrogen) atoms. The summed E-state index contributed by atoms with van der Waals surface area (Å²) in [6.07, 6.45) is 4.89. The van der Waals surface area contributed by atoms with E-state index in [0.717, 1.165) is 4.47 Å². The SMILES string of the molecule is N=C(N)c1ccnc(-n2cc(Br)cn2)n1. The Morgan fingerprint density at radius 1 is 1.53 bits per heavy atom. The molecule has 0 fully saturated rings. The minimum Gasteiger partial charge on any atom is -0.382 e. The largest absolute Gasteiger partial charge is 0.382 e. The molecular weight excluding hydrogens is 260 g/mol. The molecular formula is C8H7BrN6. The fourth-order valence-corrected chi connectivity index (χ4v) is 1.30. The van der Waals surface area contributed by atoms with Gasteiger partial charge in [-0.2, -0.15) is 5.10 Å². The number of hydrogen-bond acceptors (Lipinski definition) is 4. The normalized spacial score (nSPS) is 10.2. The van der Waals surface area contributed by atoms with Crippen LogP contribution in [0, 0.1) is 5.41 Å². The minimum atomic E-state index is -0.0927. The Morgan fingerprint density at radius 2 is 2.33 bits per heavy atom. The molecule has 0 aliphatic heterocycles. The Kier molecular flexibility index (Phi) is 2.46. The van der Waals surface area contributed by atoms with Crippen LogP contribution in [0.2, 0.25) is 0 Å². The molecule has 2 aromatic heterocycles. The van der Waals surface area contributed by atoms with Crippen molar-refractivity contribution in [1.29, 1.82) is 5.41 Å². The highest BCUT2D eigenvalue weighted by Gasteiger charge is 2.04. The summed E-state index contributed by atoms with van der Waals surface area (Å²) in [6.45, 7) is 0. The van der Waals surface area contributed by atoms with Crippen LogP contribution in [0.5, 0.6) is 0 Å². The quantitative estimate of drug-likeness (QED) is 0.619. The Hall–Kier alpha value is -1.76. The van der Waals surface area contributed by atoms with E-state index in [1.807, 2.05) is 0 Å². The lowest BCUT2D eigenvalue weighted by Crippen LogP contribution is -2.15. The fourth-order valence-electron chi connectivity index (χ4n) is 1.02. The number of hydrogen-bond donors (Lipinski definition) is 2. The van der Waals surface area contributed by atoms with Crippen molar-refractivity contribution in [2.45, 2.75) is 0 Å². The van der Waals surface area contributed by atoms with Gasteiger partial charge in [0.1, 0.15) is 11.5 Å². The number of halogens is 1. The van der Waals surface area contributed by atoms with Gasteiger partial charge in [-0.05, 0) is 22.0 Å². The number of nitrogens with two attached hydrogens (primary N) is 1. The Bertz CT molecular complexity index is 505. The zero-order valence-corrected chi connectivity index (χ0v) is 9.14. The van der Waals surface area contributed by atoms with Gasteiger partial charge in [-0.3, -0.25) is 5.41 Å². The Morgan fingerprint density at radius 3 is 2.93 bits per heavy atom. The predicted octanol–water partition coefficient (Wildman–Crippen LogP) is 0.709. The summed E-state index contributed by atoms with van der Waals surface area (Å²) in [7, 11) is 0. The van der Waals surface area contributed by atoms with Crippen LogP contribution in [0.25, 0.3) is 5.95 Å². The van der Waals surface area contributed by atoms with Crippen molar-refractivity contribution in [1.82, 2.24) is 19.7 Å². The van der Waals surface area contributed by atoms with Crippen molar-refractivity contribution in [3.05, 3.63) is 34.8 Å².